The molecule has 2 aromatic carbocycles. The predicted molar refractivity (Wildman–Crippen MR) is 103 cm³/mol. The lowest BCUT2D eigenvalue weighted by molar-refractivity contribution is 0.101. The molecule has 0 amide bonds. The van der Waals surface area contributed by atoms with Crippen molar-refractivity contribution in [1.82, 2.24) is 9.97 Å². The summed E-state index contributed by atoms with van der Waals surface area (Å²) in [6, 6.07) is 17.6. The van der Waals surface area contributed by atoms with E-state index >= 15 is 0 Å². The van der Waals surface area contributed by atoms with E-state index in [4.69, 9.17) is 0 Å². The zero-order chi connectivity index (χ0) is 17.2. The number of carbonyl (C=O) groups excluding carboxylic acids is 1. The molecule has 0 spiro atoms. The fourth-order valence-corrected chi connectivity index (χ4v) is 3.67. The number of hydrogen-bond donors (Lipinski definition) is 1. The van der Waals surface area contributed by atoms with Gasteiger partial charge >= 0.3 is 0 Å². The molecular formula is C20H15N3OS. The standard InChI is InChI=1S/C20H15N3OS/c1-13(24)15-8-5-9-16(10-15)23-19-18-17(14-6-3-2-4-7-14)11-25-20(18)22-12-21-19/h2-12H,1H3,(H,21,22,23). The Morgan fingerprint density at radius 3 is 2.68 bits per heavy atom. The molecule has 1 N–H and O–H groups in total. The van der Waals surface area contributed by atoms with Crippen molar-refractivity contribution in [3.8, 4) is 11.1 Å². The van der Waals surface area contributed by atoms with E-state index in [1.807, 2.05) is 42.5 Å². The van der Waals surface area contributed by atoms with Crippen molar-refractivity contribution in [2.24, 2.45) is 0 Å². The summed E-state index contributed by atoms with van der Waals surface area (Å²) in [5.74, 6) is 0.780. The second kappa shape index (κ2) is 6.45. The number of fused-ring (bicyclic) bond motifs is 1. The highest BCUT2D eigenvalue weighted by Crippen LogP contribution is 2.37. The second-order valence-corrected chi connectivity index (χ2v) is 6.54. The number of nitrogens with zero attached hydrogens (tertiary/aromatic N) is 2. The molecule has 0 aliphatic carbocycles. The van der Waals surface area contributed by atoms with E-state index in [9.17, 15) is 4.79 Å². The lowest BCUT2D eigenvalue weighted by atomic mass is 10.1. The van der Waals surface area contributed by atoms with Gasteiger partial charge in [-0.25, -0.2) is 9.97 Å². The first-order valence-corrected chi connectivity index (χ1v) is 8.76. The number of benzene rings is 2. The third kappa shape index (κ3) is 3.02. The van der Waals surface area contributed by atoms with Crippen molar-refractivity contribution in [2.75, 3.05) is 5.32 Å². The first-order valence-electron chi connectivity index (χ1n) is 7.88. The molecular weight excluding hydrogens is 330 g/mol. The smallest absolute Gasteiger partial charge is 0.159 e. The van der Waals surface area contributed by atoms with Gasteiger partial charge in [0.15, 0.2) is 5.78 Å². The zero-order valence-electron chi connectivity index (χ0n) is 13.6. The summed E-state index contributed by atoms with van der Waals surface area (Å²) in [6.07, 6.45) is 1.56. The van der Waals surface area contributed by atoms with E-state index in [0.717, 1.165) is 32.8 Å². The fourth-order valence-electron chi connectivity index (χ4n) is 2.75. The Bertz CT molecular complexity index is 1060. The number of aromatic nitrogens is 2. The van der Waals surface area contributed by atoms with Gasteiger partial charge in [-0.05, 0) is 24.6 Å². The number of hydrogen-bond acceptors (Lipinski definition) is 5. The van der Waals surface area contributed by atoms with Crippen molar-refractivity contribution in [1.29, 1.82) is 0 Å². The highest BCUT2D eigenvalue weighted by Gasteiger charge is 2.13. The molecule has 0 saturated carbocycles. The van der Waals surface area contributed by atoms with Gasteiger partial charge in [0.25, 0.3) is 0 Å². The van der Waals surface area contributed by atoms with E-state index in [1.54, 1.807) is 24.6 Å². The van der Waals surface area contributed by atoms with Gasteiger partial charge in [0, 0.05) is 22.2 Å². The molecule has 5 heteroatoms. The molecule has 4 rings (SSSR count). The summed E-state index contributed by atoms with van der Waals surface area (Å²) in [5, 5.41) is 6.44. The van der Waals surface area contributed by atoms with E-state index < -0.39 is 0 Å². The van der Waals surface area contributed by atoms with Crippen LogP contribution in [0, 0.1) is 0 Å². The largest absolute Gasteiger partial charge is 0.340 e. The molecule has 122 valence electrons. The van der Waals surface area contributed by atoms with Gasteiger partial charge in [-0.1, -0.05) is 42.5 Å². The van der Waals surface area contributed by atoms with Crippen LogP contribution in [0.3, 0.4) is 0 Å². The minimum absolute atomic E-state index is 0.0389. The molecule has 25 heavy (non-hydrogen) atoms. The van der Waals surface area contributed by atoms with E-state index in [-0.39, 0.29) is 5.78 Å². The first-order chi connectivity index (χ1) is 12.2. The molecule has 4 aromatic rings. The quantitative estimate of drug-likeness (QED) is 0.510. The van der Waals surface area contributed by atoms with Crippen LogP contribution in [0.4, 0.5) is 11.5 Å². The van der Waals surface area contributed by atoms with Gasteiger partial charge in [0.2, 0.25) is 0 Å². The predicted octanol–water partition coefficient (Wildman–Crippen LogP) is 5.30. The summed E-state index contributed by atoms with van der Waals surface area (Å²) in [4.78, 5) is 21.4. The van der Waals surface area contributed by atoms with Crippen molar-refractivity contribution in [2.45, 2.75) is 6.92 Å². The Morgan fingerprint density at radius 1 is 1.04 bits per heavy atom. The maximum atomic E-state index is 11.6. The number of carbonyl (C=O) groups is 1. The van der Waals surface area contributed by atoms with Crippen molar-refractivity contribution >= 4 is 38.8 Å². The highest BCUT2D eigenvalue weighted by molar-refractivity contribution is 7.17. The molecule has 0 unspecified atom stereocenters. The lowest BCUT2D eigenvalue weighted by Crippen LogP contribution is -1.98. The van der Waals surface area contributed by atoms with Crippen LogP contribution >= 0.6 is 11.3 Å². The van der Waals surface area contributed by atoms with Crippen LogP contribution in [0.15, 0.2) is 66.3 Å². The maximum Gasteiger partial charge on any atom is 0.159 e. The van der Waals surface area contributed by atoms with Crippen LogP contribution in [-0.4, -0.2) is 15.8 Å². The Hall–Kier alpha value is -3.05. The van der Waals surface area contributed by atoms with Gasteiger partial charge in [-0.15, -0.1) is 11.3 Å². The van der Waals surface area contributed by atoms with Crippen LogP contribution in [0.1, 0.15) is 17.3 Å². The third-order valence-electron chi connectivity index (χ3n) is 3.99. The Kier molecular flexibility index (Phi) is 3.99. The Balaban J connectivity index is 1.81. The SMILES string of the molecule is CC(=O)c1cccc(Nc2ncnc3scc(-c4ccccc4)c23)c1. The monoisotopic (exact) mass is 345 g/mol. The number of Topliss-reactive ketones (excluding diaryl/α,β-unsaturated/α-hetero) is 1. The van der Waals surface area contributed by atoms with Gasteiger partial charge < -0.3 is 5.32 Å². The number of ketones is 1. The Morgan fingerprint density at radius 2 is 1.88 bits per heavy atom. The number of rotatable bonds is 4. The summed E-state index contributed by atoms with van der Waals surface area (Å²) in [6.45, 7) is 1.56. The van der Waals surface area contributed by atoms with Crippen LogP contribution in [0.2, 0.25) is 0 Å². The Labute approximate surface area is 149 Å². The average Bonchev–Trinajstić information content (AvgIpc) is 3.08. The molecule has 0 saturated heterocycles. The van der Waals surface area contributed by atoms with Gasteiger partial charge in [0.1, 0.15) is 17.0 Å². The third-order valence-corrected chi connectivity index (χ3v) is 4.87. The topological polar surface area (TPSA) is 54.9 Å². The minimum Gasteiger partial charge on any atom is -0.340 e. The van der Waals surface area contributed by atoms with Gasteiger partial charge in [-0.2, -0.15) is 0 Å². The molecule has 0 aliphatic rings. The van der Waals surface area contributed by atoms with Crippen molar-refractivity contribution in [3.63, 3.8) is 0 Å². The molecule has 4 nitrogen and oxygen atoms in total. The molecule has 0 fully saturated rings. The van der Waals surface area contributed by atoms with Crippen LogP contribution in [0.25, 0.3) is 21.3 Å². The highest BCUT2D eigenvalue weighted by atomic mass is 32.1. The molecule has 0 bridgehead atoms. The van der Waals surface area contributed by atoms with Crippen LogP contribution in [0.5, 0.6) is 0 Å². The van der Waals surface area contributed by atoms with Gasteiger partial charge in [-0.3, -0.25) is 4.79 Å². The summed E-state index contributed by atoms with van der Waals surface area (Å²) in [7, 11) is 0. The van der Waals surface area contributed by atoms with Crippen molar-refractivity contribution in [3.05, 3.63) is 71.9 Å². The first kappa shape index (κ1) is 15.5. The lowest BCUT2D eigenvalue weighted by Gasteiger charge is -2.09. The summed E-state index contributed by atoms with van der Waals surface area (Å²) < 4.78 is 0. The maximum absolute atomic E-state index is 11.6. The molecule has 0 aliphatic heterocycles. The van der Waals surface area contributed by atoms with Crippen molar-refractivity contribution < 1.29 is 4.79 Å². The fraction of sp³-hybridized carbons (Fsp3) is 0.0500. The summed E-state index contributed by atoms with van der Waals surface area (Å²) in [5.41, 5.74) is 3.73. The van der Waals surface area contributed by atoms with Crippen LogP contribution in [-0.2, 0) is 0 Å². The number of anilines is 2. The minimum atomic E-state index is 0.0389. The summed E-state index contributed by atoms with van der Waals surface area (Å²) >= 11 is 1.60. The molecule has 0 atom stereocenters. The van der Waals surface area contributed by atoms with E-state index in [0.29, 0.717) is 5.56 Å². The van der Waals surface area contributed by atoms with E-state index in [1.165, 1.54) is 0 Å². The van der Waals surface area contributed by atoms with Crippen LogP contribution < -0.4 is 5.32 Å². The molecule has 0 radical (unpaired) electrons. The number of nitrogens with one attached hydrogen (secondary N) is 1. The van der Waals surface area contributed by atoms with Gasteiger partial charge in [0.05, 0.1) is 5.39 Å². The van der Waals surface area contributed by atoms with E-state index in [2.05, 4.69) is 32.8 Å². The zero-order valence-corrected chi connectivity index (χ0v) is 14.4. The molecule has 2 aromatic heterocycles. The average molecular weight is 345 g/mol. The normalized spacial score (nSPS) is 10.8. The second-order valence-electron chi connectivity index (χ2n) is 5.68. The number of thiophene rings is 1. The molecule has 2 heterocycles.